The van der Waals surface area contributed by atoms with Gasteiger partial charge in [-0.3, -0.25) is 14.4 Å². The minimum Gasteiger partial charge on any atom is -0.481 e. The molecule has 3 rings (SSSR count). The average molecular weight is 332 g/mol. The maximum absolute atomic E-state index is 12.7. The van der Waals surface area contributed by atoms with Crippen LogP contribution in [0.5, 0.6) is 0 Å². The quantitative estimate of drug-likeness (QED) is 0.893. The number of morpholine rings is 1. The van der Waals surface area contributed by atoms with Crippen LogP contribution in [-0.4, -0.2) is 60.1 Å². The number of carbonyl (C=O) groups is 3. The van der Waals surface area contributed by atoms with Gasteiger partial charge in [-0.05, 0) is 24.6 Å². The fraction of sp³-hybridized carbons (Fsp3) is 0.471. The van der Waals surface area contributed by atoms with Crippen molar-refractivity contribution in [2.24, 2.45) is 0 Å². The summed E-state index contributed by atoms with van der Waals surface area (Å²) in [5, 5.41) is 8.87. The zero-order valence-electron chi connectivity index (χ0n) is 13.3. The first-order valence-corrected chi connectivity index (χ1v) is 8.07. The van der Waals surface area contributed by atoms with Gasteiger partial charge in [0.25, 0.3) is 5.91 Å². The fourth-order valence-electron chi connectivity index (χ4n) is 3.13. The van der Waals surface area contributed by atoms with Crippen molar-refractivity contribution < 1.29 is 24.2 Å². The molecule has 1 N–H and O–H groups in total. The van der Waals surface area contributed by atoms with Crippen molar-refractivity contribution in [2.75, 3.05) is 31.1 Å². The smallest absolute Gasteiger partial charge is 0.306 e. The molecule has 24 heavy (non-hydrogen) atoms. The third-order valence-corrected chi connectivity index (χ3v) is 4.31. The third-order valence-electron chi connectivity index (χ3n) is 4.31. The maximum atomic E-state index is 12.7. The highest BCUT2D eigenvalue weighted by Crippen LogP contribution is 2.23. The van der Waals surface area contributed by atoms with Crippen LogP contribution in [0.4, 0.5) is 5.69 Å². The second-order valence-electron chi connectivity index (χ2n) is 6.04. The number of amides is 2. The van der Waals surface area contributed by atoms with E-state index in [-0.39, 0.29) is 24.8 Å². The Morgan fingerprint density at radius 2 is 2.12 bits per heavy atom. The first kappa shape index (κ1) is 16.4. The molecule has 0 spiro atoms. The average Bonchev–Trinajstić information content (AvgIpc) is 3.00. The van der Waals surface area contributed by atoms with E-state index in [9.17, 15) is 14.4 Å². The minimum absolute atomic E-state index is 0.0764. The Balaban J connectivity index is 1.72. The highest BCUT2D eigenvalue weighted by atomic mass is 16.5. The van der Waals surface area contributed by atoms with Gasteiger partial charge < -0.3 is 19.6 Å². The van der Waals surface area contributed by atoms with Gasteiger partial charge >= 0.3 is 5.97 Å². The monoisotopic (exact) mass is 332 g/mol. The number of aliphatic carboxylic acids is 1. The van der Waals surface area contributed by atoms with E-state index in [0.29, 0.717) is 31.7 Å². The number of carbonyl (C=O) groups excluding carboxylic acids is 2. The molecule has 2 saturated heterocycles. The van der Waals surface area contributed by atoms with E-state index in [4.69, 9.17) is 9.84 Å². The zero-order chi connectivity index (χ0) is 17.1. The molecule has 0 saturated carbocycles. The fourth-order valence-corrected chi connectivity index (χ4v) is 3.13. The summed E-state index contributed by atoms with van der Waals surface area (Å²) in [6, 6.07) is 7.04. The lowest BCUT2D eigenvalue weighted by atomic mass is 10.1. The van der Waals surface area contributed by atoms with Gasteiger partial charge in [0, 0.05) is 37.3 Å². The minimum atomic E-state index is -0.941. The third kappa shape index (κ3) is 3.56. The predicted molar refractivity (Wildman–Crippen MR) is 85.9 cm³/mol. The molecule has 7 nitrogen and oxygen atoms in total. The Morgan fingerprint density at radius 3 is 2.83 bits per heavy atom. The SMILES string of the molecule is O=C(O)C[C@@H]1CN(C(=O)c2cccc(N3CCCC3=O)c2)CCO1. The molecule has 2 amide bonds. The van der Waals surface area contributed by atoms with Crippen LogP contribution < -0.4 is 4.90 Å². The highest BCUT2D eigenvalue weighted by Gasteiger charge is 2.27. The van der Waals surface area contributed by atoms with E-state index in [1.807, 2.05) is 6.07 Å². The van der Waals surface area contributed by atoms with Gasteiger partial charge in [-0.1, -0.05) is 6.07 Å². The number of benzene rings is 1. The van der Waals surface area contributed by atoms with Gasteiger partial charge in [0.1, 0.15) is 0 Å². The van der Waals surface area contributed by atoms with Crippen LogP contribution in [0, 0.1) is 0 Å². The summed E-state index contributed by atoms with van der Waals surface area (Å²) in [6.45, 7) is 1.70. The molecule has 0 aromatic heterocycles. The van der Waals surface area contributed by atoms with Crippen LogP contribution in [0.1, 0.15) is 29.6 Å². The van der Waals surface area contributed by atoms with E-state index in [0.717, 1.165) is 12.1 Å². The summed E-state index contributed by atoms with van der Waals surface area (Å²) in [6.07, 6.45) is 0.769. The lowest BCUT2D eigenvalue weighted by molar-refractivity contribution is -0.141. The highest BCUT2D eigenvalue weighted by molar-refractivity contribution is 5.99. The molecule has 0 unspecified atom stereocenters. The Kier molecular flexibility index (Phi) is 4.80. The van der Waals surface area contributed by atoms with E-state index in [1.165, 1.54) is 0 Å². The number of carboxylic acid groups (broad SMARTS) is 1. The first-order chi connectivity index (χ1) is 11.5. The molecule has 128 valence electrons. The van der Waals surface area contributed by atoms with Crippen molar-refractivity contribution in [1.82, 2.24) is 4.90 Å². The standard InChI is InChI=1S/C17H20N2O5/c20-15-5-2-6-19(15)13-4-1-3-12(9-13)17(23)18-7-8-24-14(11-18)10-16(21)22/h1,3-4,9,14H,2,5-8,10-11H2,(H,21,22)/t14-/m1/s1. The van der Waals surface area contributed by atoms with Crippen molar-refractivity contribution in [1.29, 1.82) is 0 Å². The lowest BCUT2D eigenvalue weighted by Gasteiger charge is -2.32. The Hall–Kier alpha value is -2.41. The summed E-state index contributed by atoms with van der Waals surface area (Å²) in [5.74, 6) is -1.03. The normalized spacial score (nSPS) is 21.2. The van der Waals surface area contributed by atoms with E-state index < -0.39 is 12.1 Å². The van der Waals surface area contributed by atoms with Crippen molar-refractivity contribution in [3.8, 4) is 0 Å². The van der Waals surface area contributed by atoms with Gasteiger partial charge in [-0.25, -0.2) is 0 Å². The molecule has 0 radical (unpaired) electrons. The first-order valence-electron chi connectivity index (χ1n) is 8.07. The van der Waals surface area contributed by atoms with Crippen molar-refractivity contribution in [3.63, 3.8) is 0 Å². The summed E-state index contributed by atoms with van der Waals surface area (Å²) in [4.78, 5) is 38.7. The summed E-state index contributed by atoms with van der Waals surface area (Å²) in [7, 11) is 0. The summed E-state index contributed by atoms with van der Waals surface area (Å²) in [5.41, 5.74) is 1.24. The number of anilines is 1. The van der Waals surface area contributed by atoms with Gasteiger partial charge in [-0.2, -0.15) is 0 Å². The van der Waals surface area contributed by atoms with E-state index in [2.05, 4.69) is 0 Å². The van der Waals surface area contributed by atoms with E-state index in [1.54, 1.807) is 28.0 Å². The van der Waals surface area contributed by atoms with Crippen LogP contribution in [0.2, 0.25) is 0 Å². The molecule has 2 aliphatic rings. The summed E-state index contributed by atoms with van der Waals surface area (Å²) >= 11 is 0. The van der Waals surface area contributed by atoms with Crippen molar-refractivity contribution >= 4 is 23.5 Å². The Bertz CT molecular complexity index is 660. The Morgan fingerprint density at radius 1 is 1.29 bits per heavy atom. The molecule has 2 heterocycles. The predicted octanol–water partition coefficient (Wildman–Crippen LogP) is 1.13. The molecule has 7 heteroatoms. The van der Waals surface area contributed by atoms with Crippen LogP contribution in [0.3, 0.4) is 0 Å². The molecular formula is C17H20N2O5. The second-order valence-corrected chi connectivity index (χ2v) is 6.04. The number of hydrogen-bond donors (Lipinski definition) is 1. The maximum Gasteiger partial charge on any atom is 0.306 e. The summed E-state index contributed by atoms with van der Waals surface area (Å²) < 4.78 is 5.40. The van der Waals surface area contributed by atoms with Crippen LogP contribution in [-0.2, 0) is 14.3 Å². The number of hydrogen-bond acceptors (Lipinski definition) is 4. The van der Waals surface area contributed by atoms with Gasteiger partial charge in [0.05, 0.1) is 19.1 Å². The molecule has 1 aromatic carbocycles. The van der Waals surface area contributed by atoms with Crippen LogP contribution >= 0.6 is 0 Å². The number of carboxylic acids is 1. The Labute approximate surface area is 139 Å². The number of rotatable bonds is 4. The topological polar surface area (TPSA) is 87.2 Å². The number of ether oxygens (including phenoxy) is 1. The molecule has 0 aliphatic carbocycles. The van der Waals surface area contributed by atoms with Gasteiger partial charge in [0.2, 0.25) is 5.91 Å². The second kappa shape index (κ2) is 7.00. The van der Waals surface area contributed by atoms with Gasteiger partial charge in [0.15, 0.2) is 0 Å². The van der Waals surface area contributed by atoms with Crippen LogP contribution in [0.25, 0.3) is 0 Å². The molecule has 1 aromatic rings. The van der Waals surface area contributed by atoms with Crippen molar-refractivity contribution in [2.45, 2.75) is 25.4 Å². The molecule has 0 bridgehead atoms. The molecule has 2 fully saturated rings. The van der Waals surface area contributed by atoms with E-state index >= 15 is 0 Å². The molecular weight excluding hydrogens is 312 g/mol. The lowest BCUT2D eigenvalue weighted by Crippen LogP contribution is -2.46. The van der Waals surface area contributed by atoms with Gasteiger partial charge in [-0.15, -0.1) is 0 Å². The van der Waals surface area contributed by atoms with Crippen LogP contribution in [0.15, 0.2) is 24.3 Å². The largest absolute Gasteiger partial charge is 0.481 e. The molecule has 1 atom stereocenters. The zero-order valence-corrected chi connectivity index (χ0v) is 13.3. The molecule has 2 aliphatic heterocycles. The van der Waals surface area contributed by atoms with Crippen molar-refractivity contribution in [3.05, 3.63) is 29.8 Å². The number of nitrogens with zero attached hydrogens (tertiary/aromatic N) is 2.